The maximum Gasteiger partial charge on any atom is 0.0466 e. The van der Waals surface area contributed by atoms with E-state index in [2.05, 4.69) is 29.5 Å². The average Bonchev–Trinajstić information content (AvgIpc) is 2.60. The Labute approximate surface area is 167 Å². The second-order valence-corrected chi connectivity index (χ2v) is 8.39. The zero-order valence-electron chi connectivity index (χ0n) is 16.6. The fourth-order valence-corrected chi connectivity index (χ4v) is 3.69. The van der Waals surface area contributed by atoms with Crippen molar-refractivity contribution in [3.05, 3.63) is 0 Å². The Kier molecular flexibility index (Phi) is 24.4. The van der Waals surface area contributed by atoms with Crippen LogP contribution in [0.3, 0.4) is 0 Å². The Morgan fingerprint density at radius 2 is 0.792 bits per heavy atom. The Morgan fingerprint density at radius 1 is 0.458 bits per heavy atom. The summed E-state index contributed by atoms with van der Waals surface area (Å²) in [6.07, 6.45) is 25.5. The van der Waals surface area contributed by atoms with Crippen LogP contribution in [0.25, 0.3) is 0 Å². The largest absolute Gasteiger partial charge is 0.381 e. The van der Waals surface area contributed by atoms with Gasteiger partial charge in [-0.1, -0.05) is 126 Å². The van der Waals surface area contributed by atoms with E-state index >= 15 is 0 Å². The number of ether oxygens (including phenoxy) is 1. The van der Waals surface area contributed by atoms with Crippen LogP contribution in [0.2, 0.25) is 0 Å². The zero-order valence-corrected chi connectivity index (χ0v) is 18.8. The molecule has 0 aromatic heterocycles. The van der Waals surface area contributed by atoms with Gasteiger partial charge in [0.25, 0.3) is 0 Å². The van der Waals surface area contributed by atoms with Gasteiger partial charge < -0.3 is 4.74 Å². The molecule has 0 aliphatic heterocycles. The lowest BCUT2D eigenvalue weighted by Gasteiger charge is -2.04. The molecule has 146 valence electrons. The molecular weight excluding hydrogens is 407 g/mol. The van der Waals surface area contributed by atoms with E-state index in [9.17, 15) is 0 Å². The van der Waals surface area contributed by atoms with Crippen molar-refractivity contribution in [3.8, 4) is 0 Å². The molecular formula is C22H45IO. The fourth-order valence-electron chi connectivity index (χ4n) is 3.15. The van der Waals surface area contributed by atoms with Crippen molar-refractivity contribution >= 4 is 22.6 Å². The molecule has 0 aliphatic carbocycles. The number of unbranched alkanes of at least 4 members (excludes halogenated alkanes) is 16. The average molecular weight is 453 g/mol. The first-order valence-corrected chi connectivity index (χ1v) is 12.6. The van der Waals surface area contributed by atoms with E-state index in [4.69, 9.17) is 4.74 Å². The van der Waals surface area contributed by atoms with E-state index in [1.54, 1.807) is 0 Å². The molecule has 0 atom stereocenters. The van der Waals surface area contributed by atoms with Crippen molar-refractivity contribution in [2.24, 2.45) is 0 Å². The Balaban J connectivity index is 2.93. The van der Waals surface area contributed by atoms with Gasteiger partial charge in [0.1, 0.15) is 0 Å². The lowest BCUT2D eigenvalue weighted by atomic mass is 10.0. The van der Waals surface area contributed by atoms with Crippen molar-refractivity contribution in [2.75, 3.05) is 17.6 Å². The molecule has 0 aliphatic rings. The molecule has 0 bridgehead atoms. The fraction of sp³-hybridized carbons (Fsp3) is 1.00. The van der Waals surface area contributed by atoms with Crippen molar-refractivity contribution in [1.82, 2.24) is 0 Å². The minimum Gasteiger partial charge on any atom is -0.381 e. The first-order chi connectivity index (χ1) is 11.9. The highest BCUT2D eigenvalue weighted by Gasteiger charge is 1.95. The van der Waals surface area contributed by atoms with Gasteiger partial charge in [-0.05, 0) is 23.7 Å². The van der Waals surface area contributed by atoms with Crippen molar-refractivity contribution in [3.63, 3.8) is 0 Å². The number of hydrogen-bond donors (Lipinski definition) is 0. The SMILES string of the molecule is CCCCCCCCCCCCCCCCCCOCCCCI. The molecule has 0 aromatic rings. The predicted octanol–water partition coefficient (Wildman–Crippen LogP) is 8.48. The third-order valence-electron chi connectivity index (χ3n) is 4.81. The van der Waals surface area contributed by atoms with Crippen LogP contribution in [0.1, 0.15) is 122 Å². The Hall–Kier alpha value is 0.690. The zero-order chi connectivity index (χ0) is 17.6. The molecule has 0 saturated heterocycles. The Bertz CT molecular complexity index is 186. The van der Waals surface area contributed by atoms with Crippen LogP contribution < -0.4 is 0 Å². The van der Waals surface area contributed by atoms with Gasteiger partial charge in [0.2, 0.25) is 0 Å². The van der Waals surface area contributed by atoms with Crippen LogP contribution in [-0.4, -0.2) is 17.6 Å². The predicted molar refractivity (Wildman–Crippen MR) is 118 cm³/mol. The third kappa shape index (κ3) is 22.7. The van der Waals surface area contributed by atoms with E-state index in [0.29, 0.717) is 0 Å². The van der Waals surface area contributed by atoms with Crippen molar-refractivity contribution in [2.45, 2.75) is 122 Å². The maximum atomic E-state index is 5.65. The summed E-state index contributed by atoms with van der Waals surface area (Å²) in [5.41, 5.74) is 0. The van der Waals surface area contributed by atoms with E-state index in [1.165, 1.54) is 120 Å². The molecule has 0 unspecified atom stereocenters. The number of rotatable bonds is 21. The lowest BCUT2D eigenvalue weighted by Crippen LogP contribution is -1.97. The maximum absolute atomic E-state index is 5.65. The standard InChI is InChI=1S/C22H45IO/c1-2-3-4-5-6-7-8-9-10-11-12-13-14-15-16-18-21-24-22-19-17-20-23/h2-22H2,1H3. The minimum absolute atomic E-state index is 0.974. The molecule has 0 spiro atoms. The van der Waals surface area contributed by atoms with Crippen molar-refractivity contribution in [1.29, 1.82) is 0 Å². The molecule has 0 amide bonds. The second kappa shape index (κ2) is 23.7. The van der Waals surface area contributed by atoms with Gasteiger partial charge in [-0.25, -0.2) is 0 Å². The van der Waals surface area contributed by atoms with Gasteiger partial charge in [0.15, 0.2) is 0 Å². The molecule has 0 saturated carbocycles. The minimum atomic E-state index is 0.974. The molecule has 2 heteroatoms. The molecule has 0 rings (SSSR count). The number of hydrogen-bond acceptors (Lipinski definition) is 1. The van der Waals surface area contributed by atoms with E-state index < -0.39 is 0 Å². The summed E-state index contributed by atoms with van der Waals surface area (Å²) in [6.45, 7) is 4.26. The third-order valence-corrected chi connectivity index (χ3v) is 5.58. The molecule has 24 heavy (non-hydrogen) atoms. The van der Waals surface area contributed by atoms with Crippen LogP contribution in [0.4, 0.5) is 0 Å². The summed E-state index contributed by atoms with van der Waals surface area (Å²) in [5, 5.41) is 0. The molecule has 0 aromatic carbocycles. The Morgan fingerprint density at radius 3 is 1.17 bits per heavy atom. The van der Waals surface area contributed by atoms with Gasteiger partial charge in [0.05, 0.1) is 0 Å². The summed E-state index contributed by atoms with van der Waals surface area (Å²) >= 11 is 2.44. The van der Waals surface area contributed by atoms with E-state index in [0.717, 1.165) is 13.2 Å². The first-order valence-electron chi connectivity index (χ1n) is 11.1. The molecule has 1 nitrogen and oxygen atoms in total. The highest BCUT2D eigenvalue weighted by Crippen LogP contribution is 2.13. The summed E-state index contributed by atoms with van der Waals surface area (Å²) in [6, 6.07) is 0. The molecule has 0 radical (unpaired) electrons. The topological polar surface area (TPSA) is 9.23 Å². The summed E-state index contributed by atoms with van der Waals surface area (Å²) in [5.74, 6) is 0. The summed E-state index contributed by atoms with van der Waals surface area (Å²) in [4.78, 5) is 0. The van der Waals surface area contributed by atoms with E-state index in [1.807, 2.05) is 0 Å². The number of halogens is 1. The molecule has 0 heterocycles. The van der Waals surface area contributed by atoms with Crippen LogP contribution in [0.5, 0.6) is 0 Å². The van der Waals surface area contributed by atoms with Crippen LogP contribution in [-0.2, 0) is 4.74 Å². The van der Waals surface area contributed by atoms with Crippen molar-refractivity contribution < 1.29 is 4.74 Å². The normalized spacial score (nSPS) is 11.2. The van der Waals surface area contributed by atoms with Crippen LogP contribution >= 0.6 is 22.6 Å². The van der Waals surface area contributed by atoms with Gasteiger partial charge >= 0.3 is 0 Å². The lowest BCUT2D eigenvalue weighted by molar-refractivity contribution is 0.127. The molecule has 0 N–H and O–H groups in total. The summed E-state index contributed by atoms with van der Waals surface area (Å²) < 4.78 is 6.92. The number of alkyl halides is 1. The quantitative estimate of drug-likeness (QED) is 0.0964. The van der Waals surface area contributed by atoms with Gasteiger partial charge in [0, 0.05) is 13.2 Å². The highest BCUT2D eigenvalue weighted by atomic mass is 127. The molecule has 0 fully saturated rings. The van der Waals surface area contributed by atoms with Gasteiger partial charge in [-0.15, -0.1) is 0 Å². The van der Waals surface area contributed by atoms with Crippen LogP contribution in [0, 0.1) is 0 Å². The van der Waals surface area contributed by atoms with E-state index in [-0.39, 0.29) is 0 Å². The monoisotopic (exact) mass is 452 g/mol. The smallest absolute Gasteiger partial charge is 0.0466 e. The second-order valence-electron chi connectivity index (χ2n) is 7.31. The first kappa shape index (κ1) is 24.7. The van der Waals surface area contributed by atoms with Gasteiger partial charge in [-0.2, -0.15) is 0 Å². The van der Waals surface area contributed by atoms with Crippen LogP contribution in [0.15, 0.2) is 0 Å². The van der Waals surface area contributed by atoms with Gasteiger partial charge in [-0.3, -0.25) is 0 Å². The highest BCUT2D eigenvalue weighted by molar-refractivity contribution is 14.1. The summed E-state index contributed by atoms with van der Waals surface area (Å²) in [7, 11) is 0.